The molecule has 2 N–H and O–H groups in total. The smallest absolute Gasteiger partial charge is 0.217 e. The number of piperidine rings is 1. The Hall–Kier alpha value is -1.65. The van der Waals surface area contributed by atoms with E-state index in [2.05, 4.69) is 4.90 Å². The van der Waals surface area contributed by atoms with Crippen molar-refractivity contribution in [2.75, 3.05) is 18.0 Å². The Morgan fingerprint density at radius 2 is 1.74 bits per heavy atom. The fourth-order valence-corrected chi connectivity index (χ4v) is 2.21. The van der Waals surface area contributed by atoms with E-state index in [-0.39, 0.29) is 0 Å². The summed E-state index contributed by atoms with van der Waals surface area (Å²) in [4.78, 5) is 13.4. The van der Waals surface area contributed by atoms with E-state index < -0.39 is 12.1 Å². The molecule has 1 aromatic carbocycles. The number of ketones is 1. The maximum atomic E-state index is 11.0. The summed E-state index contributed by atoms with van der Waals surface area (Å²) >= 11 is 0. The van der Waals surface area contributed by atoms with E-state index in [0.717, 1.165) is 18.7 Å². The summed E-state index contributed by atoms with van der Waals surface area (Å²) in [5.74, 6) is -0.708. The molecule has 1 aliphatic rings. The fourth-order valence-electron chi connectivity index (χ4n) is 2.21. The molecule has 102 valence electrons. The first-order valence-electron chi connectivity index (χ1n) is 6.60. The summed E-state index contributed by atoms with van der Waals surface area (Å²) in [6, 6.07) is 7.92. The van der Waals surface area contributed by atoms with Gasteiger partial charge in [0.05, 0.1) is 0 Å². The Labute approximate surface area is 113 Å². The second-order valence-corrected chi connectivity index (χ2v) is 4.75. The van der Waals surface area contributed by atoms with Gasteiger partial charge in [-0.1, -0.05) is 18.2 Å². The summed E-state index contributed by atoms with van der Waals surface area (Å²) in [5, 5.41) is 17.3. The molecule has 1 aromatic rings. The second-order valence-electron chi connectivity index (χ2n) is 4.75. The molecule has 0 bridgehead atoms. The van der Waals surface area contributed by atoms with Gasteiger partial charge in [0, 0.05) is 18.8 Å². The summed E-state index contributed by atoms with van der Waals surface area (Å²) in [6.45, 7) is 2.20. The summed E-state index contributed by atoms with van der Waals surface area (Å²) in [7, 11) is 0. The number of benzene rings is 1. The summed E-state index contributed by atoms with van der Waals surface area (Å²) in [6.07, 6.45) is 4.63. The highest BCUT2D eigenvalue weighted by Gasteiger charge is 2.10. The van der Waals surface area contributed by atoms with E-state index in [4.69, 9.17) is 10.2 Å². The third kappa shape index (κ3) is 3.91. The molecule has 1 aliphatic heterocycles. The molecule has 1 fully saturated rings. The van der Waals surface area contributed by atoms with Gasteiger partial charge in [0.25, 0.3) is 0 Å². The van der Waals surface area contributed by atoms with Crippen molar-refractivity contribution in [3.05, 3.63) is 35.9 Å². The van der Waals surface area contributed by atoms with E-state index in [9.17, 15) is 4.79 Å². The van der Waals surface area contributed by atoms with Crippen molar-refractivity contribution in [3.63, 3.8) is 0 Å². The van der Waals surface area contributed by atoms with Gasteiger partial charge in [0.2, 0.25) is 12.1 Å². The van der Waals surface area contributed by atoms with Crippen LogP contribution in [0.3, 0.4) is 0 Å². The maximum Gasteiger partial charge on any atom is 0.217 e. The van der Waals surface area contributed by atoms with Gasteiger partial charge in [-0.05, 0) is 43.0 Å². The number of nitrogens with zero attached hydrogens (tertiary/aromatic N) is 1. The molecule has 0 spiro atoms. The van der Waals surface area contributed by atoms with Crippen LogP contribution in [0, 0.1) is 0 Å². The lowest BCUT2D eigenvalue weighted by Gasteiger charge is -2.28. The molecule has 0 unspecified atom stereocenters. The van der Waals surface area contributed by atoms with Crippen LogP contribution in [0.5, 0.6) is 0 Å². The molecule has 0 radical (unpaired) electrons. The minimum Gasteiger partial charge on any atom is -0.372 e. The average Bonchev–Trinajstić information content (AvgIpc) is 2.46. The largest absolute Gasteiger partial charge is 0.372 e. The third-order valence-corrected chi connectivity index (χ3v) is 3.31. The van der Waals surface area contributed by atoms with Crippen LogP contribution in [0.4, 0.5) is 5.69 Å². The van der Waals surface area contributed by atoms with Crippen LogP contribution in [0.15, 0.2) is 30.3 Å². The highest BCUT2D eigenvalue weighted by Crippen LogP contribution is 2.20. The highest BCUT2D eigenvalue weighted by molar-refractivity contribution is 5.95. The summed E-state index contributed by atoms with van der Waals surface area (Å²) < 4.78 is 0. The molecule has 1 saturated heterocycles. The molecule has 19 heavy (non-hydrogen) atoms. The summed E-state index contributed by atoms with van der Waals surface area (Å²) in [5.41, 5.74) is 2.07. The maximum absolute atomic E-state index is 11.0. The topological polar surface area (TPSA) is 60.8 Å². The Kier molecular flexibility index (Phi) is 4.71. The molecular weight excluding hydrogens is 242 g/mol. The Bertz CT molecular complexity index is 445. The minimum absolute atomic E-state index is 0.708. The van der Waals surface area contributed by atoms with Gasteiger partial charge in [-0.25, -0.2) is 0 Å². The van der Waals surface area contributed by atoms with Crippen LogP contribution < -0.4 is 4.90 Å². The van der Waals surface area contributed by atoms with Crippen molar-refractivity contribution in [1.82, 2.24) is 0 Å². The van der Waals surface area contributed by atoms with E-state index in [1.807, 2.05) is 24.3 Å². The zero-order valence-electron chi connectivity index (χ0n) is 10.8. The standard InChI is InChI=1S/C15H19NO3/c17-14(15(18)19)9-6-12-4-7-13(8-5-12)16-10-2-1-3-11-16/h4-9,15,18-19H,1-3,10-11H2/b9-6+. The number of anilines is 1. The van der Waals surface area contributed by atoms with Crippen LogP contribution >= 0.6 is 0 Å². The van der Waals surface area contributed by atoms with Gasteiger partial charge in [-0.2, -0.15) is 0 Å². The van der Waals surface area contributed by atoms with Crippen molar-refractivity contribution in [2.45, 2.75) is 25.6 Å². The van der Waals surface area contributed by atoms with E-state index in [0.29, 0.717) is 0 Å². The van der Waals surface area contributed by atoms with E-state index >= 15 is 0 Å². The molecule has 0 amide bonds. The van der Waals surface area contributed by atoms with Crippen molar-refractivity contribution >= 4 is 17.5 Å². The molecule has 0 aliphatic carbocycles. The molecule has 0 aromatic heterocycles. The Morgan fingerprint density at radius 3 is 2.32 bits per heavy atom. The van der Waals surface area contributed by atoms with E-state index in [1.54, 1.807) is 6.08 Å². The van der Waals surface area contributed by atoms with Crippen LogP contribution in [0.25, 0.3) is 6.08 Å². The quantitative estimate of drug-likeness (QED) is 0.638. The van der Waals surface area contributed by atoms with Crippen molar-refractivity contribution in [3.8, 4) is 0 Å². The fraction of sp³-hybridized carbons (Fsp3) is 0.400. The number of hydrogen-bond donors (Lipinski definition) is 2. The van der Waals surface area contributed by atoms with Crippen molar-refractivity contribution in [2.24, 2.45) is 0 Å². The first-order chi connectivity index (χ1) is 9.16. The Morgan fingerprint density at radius 1 is 1.11 bits per heavy atom. The second kappa shape index (κ2) is 6.50. The predicted molar refractivity (Wildman–Crippen MR) is 74.8 cm³/mol. The monoisotopic (exact) mass is 261 g/mol. The Balaban J connectivity index is 2.00. The van der Waals surface area contributed by atoms with Crippen LogP contribution in [-0.2, 0) is 4.79 Å². The molecule has 1 heterocycles. The predicted octanol–water partition coefficient (Wildman–Crippen LogP) is 1.57. The third-order valence-electron chi connectivity index (χ3n) is 3.31. The van der Waals surface area contributed by atoms with Gasteiger partial charge in [0.1, 0.15) is 0 Å². The van der Waals surface area contributed by atoms with Crippen LogP contribution in [0.1, 0.15) is 24.8 Å². The lowest BCUT2D eigenvalue weighted by Crippen LogP contribution is -2.29. The molecule has 4 heteroatoms. The average molecular weight is 261 g/mol. The SMILES string of the molecule is O=C(/C=C/c1ccc(N2CCCCC2)cc1)C(O)O. The normalized spacial score (nSPS) is 16.3. The molecule has 0 atom stereocenters. The lowest BCUT2D eigenvalue weighted by atomic mass is 10.1. The van der Waals surface area contributed by atoms with E-state index in [1.165, 1.54) is 31.0 Å². The van der Waals surface area contributed by atoms with Gasteiger partial charge in [-0.3, -0.25) is 4.79 Å². The van der Waals surface area contributed by atoms with Gasteiger partial charge < -0.3 is 15.1 Å². The number of hydrogen-bond acceptors (Lipinski definition) is 4. The van der Waals surface area contributed by atoms with Crippen LogP contribution in [0.2, 0.25) is 0 Å². The first kappa shape index (κ1) is 13.8. The van der Waals surface area contributed by atoms with Gasteiger partial charge in [0.15, 0.2) is 0 Å². The highest BCUT2D eigenvalue weighted by atomic mass is 16.5. The number of rotatable bonds is 4. The van der Waals surface area contributed by atoms with Gasteiger partial charge >= 0.3 is 0 Å². The molecule has 0 saturated carbocycles. The van der Waals surface area contributed by atoms with Crippen LogP contribution in [-0.4, -0.2) is 35.4 Å². The molecular formula is C15H19NO3. The van der Waals surface area contributed by atoms with Crippen molar-refractivity contribution < 1.29 is 15.0 Å². The first-order valence-corrected chi connectivity index (χ1v) is 6.60. The minimum atomic E-state index is -1.93. The van der Waals surface area contributed by atoms with Crippen molar-refractivity contribution in [1.29, 1.82) is 0 Å². The molecule has 2 rings (SSSR count). The number of carbonyl (C=O) groups is 1. The lowest BCUT2D eigenvalue weighted by molar-refractivity contribution is -0.139. The van der Waals surface area contributed by atoms with Gasteiger partial charge in [-0.15, -0.1) is 0 Å². The zero-order valence-corrected chi connectivity index (χ0v) is 10.8. The number of aliphatic hydroxyl groups excluding tert-OH is 1. The number of aliphatic hydroxyl groups is 2. The zero-order chi connectivity index (χ0) is 13.7. The molecule has 4 nitrogen and oxygen atoms in total. The number of carbonyl (C=O) groups excluding carboxylic acids is 1.